The number of ether oxygens (including phenoxy) is 1. The Morgan fingerprint density at radius 3 is 1.77 bits per heavy atom. The second kappa shape index (κ2) is 17.3. The first-order chi connectivity index (χ1) is 35.7. The molecule has 74 heavy (non-hydrogen) atoms. The summed E-state index contributed by atoms with van der Waals surface area (Å²) in [6.45, 7) is 6.75. The third-order valence-electron chi connectivity index (χ3n) is 14.8. The molecule has 0 amide bonds. The normalized spacial score (nSPS) is 12.0. The van der Waals surface area contributed by atoms with Crippen LogP contribution in [0.15, 0.2) is 200 Å². The zero-order valence-electron chi connectivity index (χ0n) is 41.5. The number of imidazole rings is 1. The smallest absolute Gasteiger partial charge is 0.268 e. The summed E-state index contributed by atoms with van der Waals surface area (Å²) in [6.07, 6.45) is 5.74. The van der Waals surface area contributed by atoms with Crippen molar-refractivity contribution in [3.8, 4) is 50.9 Å². The van der Waals surface area contributed by atoms with Gasteiger partial charge in [-0.05, 0) is 68.6 Å². The minimum Gasteiger partial charge on any atom is -0.510 e. The Balaban J connectivity index is 0.00000528. The molecule has 0 N–H and O–H groups in total. The van der Waals surface area contributed by atoms with E-state index in [0.717, 1.165) is 77.8 Å². The number of aryl methyl sites for hydroxylation is 2. The third kappa shape index (κ3) is 6.90. The number of benzene rings is 9. The summed E-state index contributed by atoms with van der Waals surface area (Å²) in [6, 6.07) is 75.9. The zero-order chi connectivity index (χ0) is 49.1. The number of rotatable bonds is 7. The molecule has 5 aromatic heterocycles. The molecule has 0 saturated carbocycles. The van der Waals surface area contributed by atoms with Crippen LogP contribution in [0, 0.1) is 18.5 Å². The quantitative estimate of drug-likeness (QED) is 0.118. The Bertz CT molecular complexity index is 4480. The van der Waals surface area contributed by atoms with Gasteiger partial charge in [0.25, 0.3) is 6.33 Å². The average Bonchev–Trinajstić information content (AvgIpc) is 4.18. The molecule has 14 aromatic rings. The maximum absolute atomic E-state index is 6.90. The Morgan fingerprint density at radius 1 is 0.514 bits per heavy atom. The van der Waals surface area contributed by atoms with Crippen LogP contribution in [0.4, 0.5) is 0 Å². The number of para-hydroxylation sites is 5. The molecule has 0 radical (unpaired) electrons. The largest absolute Gasteiger partial charge is 0.510 e. The van der Waals surface area contributed by atoms with Crippen molar-refractivity contribution in [2.75, 3.05) is 0 Å². The fourth-order valence-electron chi connectivity index (χ4n) is 11.4. The van der Waals surface area contributed by atoms with E-state index in [1.807, 2.05) is 24.4 Å². The van der Waals surface area contributed by atoms with Crippen LogP contribution in [-0.2, 0) is 40.6 Å². The summed E-state index contributed by atoms with van der Waals surface area (Å²) in [5.41, 5.74) is 16.0. The molecule has 360 valence electrons. The molecular weight excluding hydrogens is 1090 g/mol. The van der Waals surface area contributed by atoms with Gasteiger partial charge in [0, 0.05) is 91.0 Å². The number of fused-ring (bicyclic) bond motifs is 13. The van der Waals surface area contributed by atoms with Crippen molar-refractivity contribution in [2.24, 2.45) is 14.1 Å². The second-order valence-corrected chi connectivity index (χ2v) is 20.1. The minimum atomic E-state index is -0.107. The van der Waals surface area contributed by atoms with E-state index in [2.05, 4.69) is 252 Å². The molecule has 0 bridgehead atoms. The van der Waals surface area contributed by atoms with Gasteiger partial charge in [-0.2, -0.15) is 18.2 Å². The van der Waals surface area contributed by atoms with Crippen LogP contribution in [0.1, 0.15) is 26.3 Å². The van der Waals surface area contributed by atoms with Crippen LogP contribution in [-0.4, -0.2) is 23.3 Å². The van der Waals surface area contributed by atoms with Crippen LogP contribution < -0.4 is 9.30 Å². The fraction of sp³-hybridized carbons (Fsp3) is 0.0909. The molecule has 8 heteroatoms. The van der Waals surface area contributed by atoms with Gasteiger partial charge >= 0.3 is 0 Å². The standard InChI is InChI=1S/C66H48N6O.Pt/c1-66(2,3)44-36-37-67-58(38-44)72-57-40-47(34-35-52(57)61-63-59(50-26-12-14-30-53(50)68(63)4)60-51-27-13-15-31-54(51)69(5)64(60)65(61)72)73-46-25-18-24-45(39-46)70-41-71(56-33-17-16-32-55(56)70)62-48(42-20-8-6-9-21-42)28-19-29-49(62)43-22-10-7-11-23-43;/h6-38H,1-5H3;/q-2;. The topological polar surface area (TPSA) is 45.7 Å². The van der Waals surface area contributed by atoms with Gasteiger partial charge in [-0.25, -0.2) is 4.98 Å². The van der Waals surface area contributed by atoms with Gasteiger partial charge in [-0.1, -0.05) is 171 Å². The van der Waals surface area contributed by atoms with Gasteiger partial charge in [-0.3, -0.25) is 4.57 Å². The van der Waals surface area contributed by atoms with Crippen molar-refractivity contribution in [1.82, 2.24) is 23.3 Å². The van der Waals surface area contributed by atoms with E-state index < -0.39 is 0 Å². The van der Waals surface area contributed by atoms with E-state index in [9.17, 15) is 0 Å². The Hall–Kier alpha value is -8.51. The molecule has 7 nitrogen and oxygen atoms in total. The van der Waals surface area contributed by atoms with E-state index in [-0.39, 0.29) is 26.5 Å². The molecule has 9 aromatic carbocycles. The number of pyridine rings is 1. The second-order valence-electron chi connectivity index (χ2n) is 20.1. The van der Waals surface area contributed by atoms with E-state index in [1.165, 1.54) is 43.7 Å². The number of hydrogen-bond acceptors (Lipinski definition) is 2. The average molecular weight is 1140 g/mol. The number of hydrogen-bond donors (Lipinski definition) is 0. The molecule has 14 rings (SSSR count). The maximum atomic E-state index is 6.90. The first kappa shape index (κ1) is 45.4. The van der Waals surface area contributed by atoms with Gasteiger partial charge in [0.05, 0.1) is 27.8 Å². The third-order valence-corrected chi connectivity index (χ3v) is 14.8. The summed E-state index contributed by atoms with van der Waals surface area (Å²) in [4.78, 5) is 5.16. The van der Waals surface area contributed by atoms with Crippen molar-refractivity contribution >= 4 is 76.5 Å². The molecule has 0 aliphatic rings. The van der Waals surface area contributed by atoms with E-state index >= 15 is 0 Å². The number of nitrogens with zero attached hydrogens (tertiary/aromatic N) is 6. The monoisotopic (exact) mass is 1140 g/mol. The molecule has 0 aliphatic carbocycles. The fourth-order valence-corrected chi connectivity index (χ4v) is 11.4. The van der Waals surface area contributed by atoms with Crippen LogP contribution >= 0.6 is 0 Å². The Morgan fingerprint density at radius 2 is 1.09 bits per heavy atom. The molecule has 0 unspecified atom stereocenters. The molecule has 0 atom stereocenters. The van der Waals surface area contributed by atoms with Crippen LogP contribution in [0.3, 0.4) is 0 Å². The molecular formula is C66H48N6OPt-2. The van der Waals surface area contributed by atoms with Crippen molar-refractivity contribution in [1.29, 1.82) is 0 Å². The summed E-state index contributed by atoms with van der Waals surface area (Å²) in [7, 11) is 4.39. The summed E-state index contributed by atoms with van der Waals surface area (Å²) in [5, 5.41) is 7.13. The first-order valence-electron chi connectivity index (χ1n) is 24.8. The van der Waals surface area contributed by atoms with Gasteiger partial charge in [0.1, 0.15) is 5.82 Å². The van der Waals surface area contributed by atoms with E-state index in [1.54, 1.807) is 0 Å². The molecule has 5 heterocycles. The predicted molar refractivity (Wildman–Crippen MR) is 298 cm³/mol. The molecule has 0 fully saturated rings. The van der Waals surface area contributed by atoms with E-state index in [4.69, 9.17) is 9.72 Å². The van der Waals surface area contributed by atoms with Gasteiger partial charge in [-0.15, -0.1) is 24.3 Å². The van der Waals surface area contributed by atoms with Gasteiger partial charge in [0.15, 0.2) is 0 Å². The summed E-state index contributed by atoms with van der Waals surface area (Å²) in [5.74, 6) is 1.95. The summed E-state index contributed by atoms with van der Waals surface area (Å²) >= 11 is 0. The summed E-state index contributed by atoms with van der Waals surface area (Å²) < 4.78 is 18.2. The van der Waals surface area contributed by atoms with Crippen molar-refractivity contribution in [2.45, 2.75) is 26.2 Å². The van der Waals surface area contributed by atoms with Crippen LogP contribution in [0.25, 0.3) is 116 Å². The van der Waals surface area contributed by atoms with Crippen LogP contribution in [0.2, 0.25) is 0 Å². The van der Waals surface area contributed by atoms with Crippen LogP contribution in [0.5, 0.6) is 11.5 Å². The zero-order valence-corrected chi connectivity index (χ0v) is 43.7. The van der Waals surface area contributed by atoms with Crippen molar-refractivity contribution < 1.29 is 30.4 Å². The molecule has 0 aliphatic heterocycles. The SMILES string of the molecule is Cn1c2ccccc2c2c3c4ccccc4n(C)c3c3c(c4ccc(Oc5[c-]c(-[n+]6[c-]n(-c7c(-c8ccccc8)cccc7-c7ccccc7)c7ccccc76)ccc5)[c-]c4n3-c3cc(C(C)(C)C)ccn3)c21.[Pt]. The first-order valence-corrected chi connectivity index (χ1v) is 24.8. The van der Waals surface area contributed by atoms with Crippen molar-refractivity contribution in [3.05, 3.63) is 224 Å². The van der Waals surface area contributed by atoms with Gasteiger partial charge < -0.3 is 23.0 Å². The molecule has 0 spiro atoms. The maximum Gasteiger partial charge on any atom is 0.268 e. The van der Waals surface area contributed by atoms with E-state index in [0.29, 0.717) is 11.5 Å². The predicted octanol–water partition coefficient (Wildman–Crippen LogP) is 15.5. The Labute approximate surface area is 443 Å². The Kier molecular flexibility index (Phi) is 10.6. The molecule has 0 saturated heterocycles. The minimum absolute atomic E-state index is 0. The number of aromatic nitrogens is 6. The van der Waals surface area contributed by atoms with Crippen molar-refractivity contribution in [3.63, 3.8) is 0 Å². The van der Waals surface area contributed by atoms with Gasteiger partial charge in [0.2, 0.25) is 0 Å².